The van der Waals surface area contributed by atoms with Crippen molar-refractivity contribution in [3.63, 3.8) is 0 Å². The van der Waals surface area contributed by atoms with Gasteiger partial charge in [-0.2, -0.15) is 0 Å². The van der Waals surface area contributed by atoms with Crippen molar-refractivity contribution < 1.29 is 4.42 Å². The van der Waals surface area contributed by atoms with Crippen LogP contribution in [0.5, 0.6) is 0 Å². The molecule has 0 aliphatic heterocycles. The van der Waals surface area contributed by atoms with Crippen LogP contribution in [0.2, 0.25) is 0 Å². The van der Waals surface area contributed by atoms with Gasteiger partial charge < -0.3 is 4.42 Å². The Kier molecular flexibility index (Phi) is 4.51. The highest BCUT2D eigenvalue weighted by molar-refractivity contribution is 6.26. The topological polar surface area (TPSA) is 13.1 Å². The van der Waals surface area contributed by atoms with Gasteiger partial charge in [-0.15, -0.1) is 0 Å². The highest BCUT2D eigenvalue weighted by Gasteiger charge is 2.19. The van der Waals surface area contributed by atoms with E-state index in [9.17, 15) is 0 Å². The van der Waals surface area contributed by atoms with Crippen LogP contribution < -0.4 is 0 Å². The molecular formula is C42H24O. The molecule has 43 heavy (non-hydrogen) atoms. The lowest BCUT2D eigenvalue weighted by atomic mass is 9.88. The van der Waals surface area contributed by atoms with Crippen LogP contribution in [0.25, 0.3) is 98.1 Å². The third kappa shape index (κ3) is 3.17. The molecule has 0 saturated carbocycles. The molecule has 9 aromatic carbocycles. The van der Waals surface area contributed by atoms with Gasteiger partial charge in [0.15, 0.2) is 0 Å². The van der Waals surface area contributed by atoms with E-state index < -0.39 is 0 Å². The van der Waals surface area contributed by atoms with Crippen molar-refractivity contribution in [3.8, 4) is 22.3 Å². The molecule has 0 amide bonds. The summed E-state index contributed by atoms with van der Waals surface area (Å²) in [5, 5.41) is 14.9. The first-order valence-electron chi connectivity index (χ1n) is 14.8. The van der Waals surface area contributed by atoms with Crippen molar-refractivity contribution in [2.75, 3.05) is 0 Å². The Morgan fingerprint density at radius 2 is 0.907 bits per heavy atom. The first-order chi connectivity index (χ1) is 21.3. The van der Waals surface area contributed by atoms with Gasteiger partial charge in [0.05, 0.1) is 0 Å². The summed E-state index contributed by atoms with van der Waals surface area (Å²) in [6, 6.07) is 53.1. The first kappa shape index (κ1) is 23.0. The van der Waals surface area contributed by atoms with E-state index in [0.29, 0.717) is 0 Å². The van der Waals surface area contributed by atoms with Crippen molar-refractivity contribution in [2.24, 2.45) is 0 Å². The summed E-state index contributed by atoms with van der Waals surface area (Å²) in [6.07, 6.45) is 0. The van der Waals surface area contributed by atoms with E-state index in [-0.39, 0.29) is 0 Å². The minimum atomic E-state index is 0.934. The van der Waals surface area contributed by atoms with Gasteiger partial charge in [-0.1, -0.05) is 127 Å². The third-order valence-electron chi connectivity index (χ3n) is 9.38. The average Bonchev–Trinajstić information content (AvgIpc) is 3.46. The molecule has 1 heterocycles. The summed E-state index contributed by atoms with van der Waals surface area (Å²) in [7, 11) is 0. The highest BCUT2D eigenvalue weighted by Crippen LogP contribution is 2.45. The monoisotopic (exact) mass is 544 g/mol. The summed E-state index contributed by atoms with van der Waals surface area (Å²) in [4.78, 5) is 0. The van der Waals surface area contributed by atoms with Gasteiger partial charge in [0.25, 0.3) is 0 Å². The lowest BCUT2D eigenvalue weighted by molar-refractivity contribution is 0.674. The molecule has 0 unspecified atom stereocenters. The van der Waals surface area contributed by atoms with Crippen molar-refractivity contribution in [1.82, 2.24) is 0 Å². The summed E-state index contributed by atoms with van der Waals surface area (Å²) >= 11 is 0. The average molecular weight is 545 g/mol. The maximum atomic E-state index is 6.87. The van der Waals surface area contributed by atoms with Crippen LogP contribution in [-0.4, -0.2) is 0 Å². The molecule has 0 aliphatic rings. The Morgan fingerprint density at radius 3 is 1.77 bits per heavy atom. The zero-order valence-corrected chi connectivity index (χ0v) is 23.3. The van der Waals surface area contributed by atoms with Crippen LogP contribution in [0.3, 0.4) is 0 Å². The van der Waals surface area contributed by atoms with Gasteiger partial charge in [-0.25, -0.2) is 0 Å². The molecule has 0 atom stereocenters. The molecule has 0 saturated heterocycles. The van der Waals surface area contributed by atoms with E-state index >= 15 is 0 Å². The Bertz CT molecular complexity index is 2700. The Hall–Kier alpha value is -5.66. The second-order valence-corrected chi connectivity index (χ2v) is 11.7. The molecule has 1 aromatic heterocycles. The molecule has 198 valence electrons. The number of furan rings is 1. The Labute approximate surface area is 247 Å². The Balaban J connectivity index is 1.37. The molecule has 0 radical (unpaired) electrons. The van der Waals surface area contributed by atoms with Gasteiger partial charge in [0.1, 0.15) is 11.2 Å². The second kappa shape index (κ2) is 8.44. The minimum absolute atomic E-state index is 0.934. The standard InChI is InChI=1S/C42H24O/c1-3-12-31-25(7-1)9-6-14-34(31)37-23-30(24-38-36-22-17-26-8-2-4-13-33(26)41(36)43-42(37)38)32-20-18-29-16-15-27-10-5-11-28-19-21-35(32)40(29)39(27)28/h1-24H. The molecule has 0 N–H and O–H groups in total. The SMILES string of the molecule is c1ccc2c(-c3cc(-c4ccc5ccc6cccc7ccc4c5c67)cc4c3oc3c5ccccc5ccc43)cccc2c1. The zero-order valence-electron chi connectivity index (χ0n) is 23.3. The fraction of sp³-hybridized carbons (Fsp3) is 0. The van der Waals surface area contributed by atoms with E-state index in [4.69, 9.17) is 4.42 Å². The molecule has 1 heteroatoms. The zero-order chi connectivity index (χ0) is 28.1. The summed E-state index contributed by atoms with van der Waals surface area (Å²) in [5.41, 5.74) is 6.63. The summed E-state index contributed by atoms with van der Waals surface area (Å²) in [6.45, 7) is 0. The van der Waals surface area contributed by atoms with Crippen LogP contribution in [0.1, 0.15) is 0 Å². The molecule has 0 spiro atoms. The number of rotatable bonds is 2. The predicted octanol–water partition coefficient (Wildman–Crippen LogP) is 12.1. The lowest BCUT2D eigenvalue weighted by Crippen LogP contribution is -1.89. The van der Waals surface area contributed by atoms with Crippen LogP contribution in [0.15, 0.2) is 150 Å². The fourth-order valence-corrected chi connectivity index (χ4v) is 7.41. The quantitative estimate of drug-likeness (QED) is 0.197. The van der Waals surface area contributed by atoms with Gasteiger partial charge >= 0.3 is 0 Å². The number of fused-ring (bicyclic) bond motifs is 6. The number of hydrogen-bond donors (Lipinski definition) is 0. The van der Waals surface area contributed by atoms with E-state index in [1.165, 1.54) is 65.2 Å². The lowest BCUT2D eigenvalue weighted by Gasteiger charge is -2.15. The van der Waals surface area contributed by atoms with Crippen molar-refractivity contribution in [1.29, 1.82) is 0 Å². The maximum Gasteiger partial charge on any atom is 0.143 e. The van der Waals surface area contributed by atoms with Crippen molar-refractivity contribution in [3.05, 3.63) is 146 Å². The van der Waals surface area contributed by atoms with E-state index in [1.807, 2.05) is 0 Å². The fourth-order valence-electron chi connectivity index (χ4n) is 7.41. The van der Waals surface area contributed by atoms with Gasteiger partial charge in [0, 0.05) is 21.7 Å². The van der Waals surface area contributed by atoms with Crippen molar-refractivity contribution >= 4 is 75.8 Å². The smallest absolute Gasteiger partial charge is 0.143 e. The largest absolute Gasteiger partial charge is 0.455 e. The normalized spacial score (nSPS) is 12.2. The van der Waals surface area contributed by atoms with Crippen molar-refractivity contribution in [2.45, 2.75) is 0 Å². The number of benzene rings is 9. The van der Waals surface area contributed by atoms with Gasteiger partial charge in [-0.3, -0.25) is 0 Å². The van der Waals surface area contributed by atoms with E-state index in [1.54, 1.807) is 0 Å². The molecule has 0 aliphatic carbocycles. The molecule has 10 rings (SSSR count). The molecular weight excluding hydrogens is 520 g/mol. The number of hydrogen-bond acceptors (Lipinski definition) is 1. The summed E-state index contributed by atoms with van der Waals surface area (Å²) in [5.74, 6) is 0. The molecule has 0 fully saturated rings. The molecule has 10 aromatic rings. The first-order valence-corrected chi connectivity index (χ1v) is 14.8. The Morgan fingerprint density at radius 1 is 0.302 bits per heavy atom. The molecule has 1 nitrogen and oxygen atoms in total. The summed E-state index contributed by atoms with van der Waals surface area (Å²) < 4.78 is 6.87. The third-order valence-corrected chi connectivity index (χ3v) is 9.38. The second-order valence-electron chi connectivity index (χ2n) is 11.7. The molecule has 0 bridgehead atoms. The van der Waals surface area contributed by atoms with Gasteiger partial charge in [0.2, 0.25) is 0 Å². The van der Waals surface area contributed by atoms with Crippen LogP contribution in [0, 0.1) is 0 Å². The minimum Gasteiger partial charge on any atom is -0.455 e. The van der Waals surface area contributed by atoms with Crippen LogP contribution in [-0.2, 0) is 0 Å². The van der Waals surface area contributed by atoms with E-state index in [2.05, 4.69) is 146 Å². The predicted molar refractivity (Wildman–Crippen MR) is 183 cm³/mol. The highest BCUT2D eigenvalue weighted by atomic mass is 16.3. The van der Waals surface area contributed by atoms with Crippen LogP contribution >= 0.6 is 0 Å². The maximum absolute atomic E-state index is 6.87. The van der Waals surface area contributed by atoms with Gasteiger partial charge in [-0.05, 0) is 83.4 Å². The van der Waals surface area contributed by atoms with Crippen LogP contribution in [0.4, 0.5) is 0 Å². The van der Waals surface area contributed by atoms with E-state index in [0.717, 1.165) is 32.9 Å².